The molecule has 2 atom stereocenters. The average molecular weight is 350 g/mol. The van der Waals surface area contributed by atoms with Crippen LogP contribution >= 0.6 is 0 Å². The molecule has 136 valence electrons. The van der Waals surface area contributed by atoms with Crippen molar-refractivity contribution in [1.29, 1.82) is 0 Å². The largest absolute Gasteiger partial charge is 0.481 e. The van der Waals surface area contributed by atoms with Crippen molar-refractivity contribution < 1.29 is 23.5 Å². The number of ketones is 1. The molecule has 0 bridgehead atoms. The van der Waals surface area contributed by atoms with Crippen molar-refractivity contribution in [3.05, 3.63) is 41.5 Å². The zero-order valence-corrected chi connectivity index (χ0v) is 14.2. The Morgan fingerprint density at radius 2 is 1.96 bits per heavy atom. The summed E-state index contributed by atoms with van der Waals surface area (Å²) in [4.78, 5) is 22.5. The number of carbonyl (C=O) groups excluding carboxylic acids is 1. The molecule has 0 aromatic heterocycles. The predicted octanol–water partition coefficient (Wildman–Crippen LogP) is 5.00. The van der Waals surface area contributed by atoms with Crippen LogP contribution in [0.1, 0.15) is 56.9 Å². The number of hydrogen-bond acceptors (Lipinski definition) is 2. The second-order valence-electron chi connectivity index (χ2n) is 6.62. The van der Waals surface area contributed by atoms with Gasteiger partial charge in [0.15, 0.2) is 11.6 Å². The molecule has 1 aromatic rings. The number of aliphatic carboxylic acids is 1. The fraction of sp³-hybridized carbons (Fsp3) is 0.500. The number of allylic oxidation sites excluding steroid dienone is 1. The van der Waals surface area contributed by atoms with Gasteiger partial charge in [-0.25, -0.2) is 8.78 Å². The highest BCUT2D eigenvalue weighted by molar-refractivity contribution is 5.84. The van der Waals surface area contributed by atoms with Gasteiger partial charge in [-0.05, 0) is 31.2 Å². The van der Waals surface area contributed by atoms with Gasteiger partial charge >= 0.3 is 5.97 Å². The van der Waals surface area contributed by atoms with Crippen LogP contribution in [0.15, 0.2) is 24.3 Å². The number of carbonyl (C=O) groups is 2. The molecule has 0 unspecified atom stereocenters. The normalized spacial score (nSPS) is 20.5. The molecule has 25 heavy (non-hydrogen) atoms. The Hall–Kier alpha value is -2.04. The zero-order chi connectivity index (χ0) is 18.2. The van der Waals surface area contributed by atoms with Gasteiger partial charge in [-0.1, -0.05) is 43.5 Å². The van der Waals surface area contributed by atoms with Crippen molar-refractivity contribution in [3.8, 4) is 0 Å². The van der Waals surface area contributed by atoms with E-state index in [1.807, 2.05) is 6.08 Å². The van der Waals surface area contributed by atoms with E-state index in [0.29, 0.717) is 12.8 Å². The SMILES string of the molecule is O=C(O)CCCCCC[C@@H]1C(=O)CC[C@H]1C=Cc1cccc(F)c1F. The number of carboxylic acid groups (broad SMARTS) is 1. The summed E-state index contributed by atoms with van der Waals surface area (Å²) in [5.74, 6) is -2.28. The van der Waals surface area contributed by atoms with Crippen LogP contribution in [0.25, 0.3) is 6.08 Å². The summed E-state index contributed by atoms with van der Waals surface area (Å²) in [6.07, 6.45) is 8.94. The van der Waals surface area contributed by atoms with Crippen LogP contribution in [-0.2, 0) is 9.59 Å². The second kappa shape index (κ2) is 9.44. The lowest BCUT2D eigenvalue weighted by Gasteiger charge is -2.15. The van der Waals surface area contributed by atoms with Crippen LogP contribution in [0, 0.1) is 23.5 Å². The van der Waals surface area contributed by atoms with Crippen molar-refractivity contribution in [3.63, 3.8) is 0 Å². The Bertz CT molecular complexity index is 640. The predicted molar refractivity (Wildman–Crippen MR) is 92.0 cm³/mol. The Morgan fingerprint density at radius 3 is 2.72 bits per heavy atom. The molecule has 0 heterocycles. The first kappa shape index (κ1) is 19.3. The van der Waals surface area contributed by atoms with Gasteiger partial charge in [-0.3, -0.25) is 9.59 Å². The first-order valence-electron chi connectivity index (χ1n) is 8.85. The first-order valence-corrected chi connectivity index (χ1v) is 8.85. The second-order valence-corrected chi connectivity index (χ2v) is 6.62. The fourth-order valence-corrected chi connectivity index (χ4v) is 3.41. The van der Waals surface area contributed by atoms with E-state index in [1.54, 1.807) is 6.08 Å². The lowest BCUT2D eigenvalue weighted by molar-refractivity contribution is -0.137. The van der Waals surface area contributed by atoms with Crippen LogP contribution in [0.2, 0.25) is 0 Å². The Kier molecular flexibility index (Phi) is 7.29. The molecule has 2 rings (SSSR count). The molecule has 0 spiro atoms. The minimum Gasteiger partial charge on any atom is -0.481 e. The molecule has 1 fully saturated rings. The molecule has 0 saturated heterocycles. The van der Waals surface area contributed by atoms with Crippen LogP contribution < -0.4 is 0 Å². The van der Waals surface area contributed by atoms with Gasteiger partial charge in [0.05, 0.1) is 0 Å². The fourth-order valence-electron chi connectivity index (χ4n) is 3.41. The average Bonchev–Trinajstić information content (AvgIpc) is 2.92. The van der Waals surface area contributed by atoms with Gasteiger partial charge in [0.25, 0.3) is 0 Å². The quantitative estimate of drug-likeness (QED) is 0.638. The molecule has 1 aliphatic rings. The summed E-state index contributed by atoms with van der Waals surface area (Å²) < 4.78 is 26.9. The highest BCUT2D eigenvalue weighted by atomic mass is 19.2. The van der Waals surface area contributed by atoms with Gasteiger partial charge in [0.2, 0.25) is 0 Å². The molecule has 0 amide bonds. The van der Waals surface area contributed by atoms with E-state index >= 15 is 0 Å². The zero-order valence-electron chi connectivity index (χ0n) is 14.2. The van der Waals surface area contributed by atoms with Gasteiger partial charge in [-0.2, -0.15) is 0 Å². The van der Waals surface area contributed by atoms with E-state index in [1.165, 1.54) is 12.1 Å². The standard InChI is InChI=1S/C20H24F2O3/c21-17-8-5-6-15(20(17)22)11-10-14-12-13-18(23)16(14)7-3-1-2-4-9-19(24)25/h5-6,8,10-11,14,16H,1-4,7,9,12-13H2,(H,24,25)/t14-,16+/m1/s1. The molecular weight excluding hydrogens is 326 g/mol. The summed E-state index contributed by atoms with van der Waals surface area (Å²) in [7, 11) is 0. The van der Waals surface area contributed by atoms with Crippen molar-refractivity contribution in [2.24, 2.45) is 11.8 Å². The molecule has 1 aromatic carbocycles. The molecule has 5 heteroatoms. The van der Waals surface area contributed by atoms with Crippen LogP contribution in [0.3, 0.4) is 0 Å². The van der Waals surface area contributed by atoms with Crippen molar-refractivity contribution in [1.82, 2.24) is 0 Å². The van der Waals surface area contributed by atoms with Gasteiger partial charge < -0.3 is 5.11 Å². The summed E-state index contributed by atoms with van der Waals surface area (Å²) in [5.41, 5.74) is 0.201. The highest BCUT2D eigenvalue weighted by Gasteiger charge is 2.32. The first-order chi connectivity index (χ1) is 12.0. The smallest absolute Gasteiger partial charge is 0.303 e. The molecule has 0 radical (unpaired) electrons. The highest BCUT2D eigenvalue weighted by Crippen LogP contribution is 2.34. The number of carboxylic acids is 1. The van der Waals surface area contributed by atoms with Crippen LogP contribution in [0.5, 0.6) is 0 Å². The monoisotopic (exact) mass is 350 g/mol. The summed E-state index contributed by atoms with van der Waals surface area (Å²) in [6.45, 7) is 0. The summed E-state index contributed by atoms with van der Waals surface area (Å²) in [6, 6.07) is 4.06. The maximum Gasteiger partial charge on any atom is 0.303 e. The van der Waals surface area contributed by atoms with E-state index < -0.39 is 17.6 Å². The Balaban J connectivity index is 1.85. The molecule has 3 nitrogen and oxygen atoms in total. The minimum absolute atomic E-state index is 0.0626. The third-order valence-electron chi connectivity index (χ3n) is 4.81. The number of rotatable bonds is 9. The van der Waals surface area contributed by atoms with Crippen molar-refractivity contribution in [2.45, 2.75) is 51.4 Å². The number of benzene rings is 1. The van der Waals surface area contributed by atoms with E-state index in [-0.39, 0.29) is 29.6 Å². The van der Waals surface area contributed by atoms with E-state index in [2.05, 4.69) is 0 Å². The van der Waals surface area contributed by atoms with Gasteiger partial charge in [-0.15, -0.1) is 0 Å². The molecule has 1 N–H and O–H groups in total. The summed E-state index contributed by atoms with van der Waals surface area (Å²) >= 11 is 0. The van der Waals surface area contributed by atoms with Crippen molar-refractivity contribution >= 4 is 17.8 Å². The number of unbranched alkanes of at least 4 members (excludes halogenated alkanes) is 3. The topological polar surface area (TPSA) is 54.4 Å². The third kappa shape index (κ3) is 5.76. The molecule has 0 aliphatic heterocycles. The van der Waals surface area contributed by atoms with Crippen molar-refractivity contribution in [2.75, 3.05) is 0 Å². The summed E-state index contributed by atoms with van der Waals surface area (Å²) in [5, 5.41) is 8.60. The number of halogens is 2. The van der Waals surface area contributed by atoms with E-state index in [4.69, 9.17) is 5.11 Å². The lowest BCUT2D eigenvalue weighted by Crippen LogP contribution is -2.13. The minimum atomic E-state index is -0.873. The van der Waals surface area contributed by atoms with Crippen LogP contribution in [0.4, 0.5) is 8.78 Å². The lowest BCUT2D eigenvalue weighted by atomic mass is 9.89. The van der Waals surface area contributed by atoms with Crippen LogP contribution in [-0.4, -0.2) is 16.9 Å². The Morgan fingerprint density at radius 1 is 1.20 bits per heavy atom. The molecule has 1 saturated carbocycles. The van der Waals surface area contributed by atoms with Gasteiger partial charge in [0, 0.05) is 24.3 Å². The number of hydrogen-bond donors (Lipinski definition) is 1. The van der Waals surface area contributed by atoms with E-state index in [9.17, 15) is 18.4 Å². The van der Waals surface area contributed by atoms with Gasteiger partial charge in [0.1, 0.15) is 5.78 Å². The maximum absolute atomic E-state index is 13.7. The maximum atomic E-state index is 13.7. The molecular formula is C20H24F2O3. The third-order valence-corrected chi connectivity index (χ3v) is 4.81. The van der Waals surface area contributed by atoms with E-state index in [0.717, 1.165) is 38.2 Å². The number of Topliss-reactive ketones (excluding diaryl/α,β-unsaturated/α-hetero) is 1. The Labute approximate surface area is 146 Å². The molecule has 1 aliphatic carbocycles.